The molecule has 1 heterocycles. The summed E-state index contributed by atoms with van der Waals surface area (Å²) in [6.07, 6.45) is 0.893. The normalized spacial score (nSPS) is 12.2. The van der Waals surface area contributed by atoms with Gasteiger partial charge in [0.15, 0.2) is 5.82 Å². The highest BCUT2D eigenvalue weighted by molar-refractivity contribution is 7.80. The number of nitrogens with one attached hydrogen (secondary N) is 1. The molecule has 0 fully saturated rings. The number of hydrogen-bond acceptors (Lipinski definition) is 5. The molecule has 170 valence electrons. The highest BCUT2D eigenvalue weighted by atomic mass is 35.5. The zero-order chi connectivity index (χ0) is 23.1. The molecule has 0 saturated carbocycles. The second-order valence-electron chi connectivity index (χ2n) is 8.30. The number of halogens is 1. The lowest BCUT2D eigenvalue weighted by atomic mass is 10.0. The van der Waals surface area contributed by atoms with Gasteiger partial charge in [0, 0.05) is 25.2 Å². The van der Waals surface area contributed by atoms with Gasteiger partial charge in [-0.2, -0.15) is 0 Å². The van der Waals surface area contributed by atoms with Crippen molar-refractivity contribution in [2.75, 3.05) is 25.2 Å². The second-order valence-corrected chi connectivity index (χ2v) is 9.17. The van der Waals surface area contributed by atoms with Crippen LogP contribution in [0.1, 0.15) is 31.5 Å². The van der Waals surface area contributed by atoms with Crippen LogP contribution in [0.4, 0.5) is 5.82 Å². The van der Waals surface area contributed by atoms with Crippen molar-refractivity contribution in [3.63, 3.8) is 0 Å². The van der Waals surface area contributed by atoms with Crippen molar-refractivity contribution >= 4 is 45.7 Å². The average molecular weight is 471 g/mol. The standard InChI is InChI=1S/C25H31ClN4OS/c1-17(2)15-23(25(32)27-16-19-9-11-20(26)12-10-19)30(13-14-31-4)24-18(3)28-21-7-5-6-8-22(21)29-24/h5-12,17,23H,13-16H2,1-4H3,(H,27,32). The fourth-order valence-electron chi connectivity index (χ4n) is 3.68. The van der Waals surface area contributed by atoms with Crippen molar-refractivity contribution in [1.29, 1.82) is 0 Å². The monoisotopic (exact) mass is 470 g/mol. The number of para-hydroxylation sites is 2. The molecule has 0 aliphatic heterocycles. The molecular formula is C25H31ClN4OS. The summed E-state index contributed by atoms with van der Waals surface area (Å²) < 4.78 is 5.43. The largest absolute Gasteiger partial charge is 0.383 e. The van der Waals surface area contributed by atoms with Gasteiger partial charge in [-0.05, 0) is 49.1 Å². The van der Waals surface area contributed by atoms with Gasteiger partial charge in [0.1, 0.15) is 0 Å². The lowest BCUT2D eigenvalue weighted by molar-refractivity contribution is 0.203. The van der Waals surface area contributed by atoms with E-state index in [2.05, 4.69) is 24.1 Å². The van der Waals surface area contributed by atoms with E-state index in [-0.39, 0.29) is 6.04 Å². The van der Waals surface area contributed by atoms with Crippen LogP contribution in [-0.2, 0) is 11.3 Å². The summed E-state index contributed by atoms with van der Waals surface area (Å²) in [5, 5.41) is 4.19. The van der Waals surface area contributed by atoms with E-state index in [0.29, 0.717) is 25.6 Å². The van der Waals surface area contributed by atoms with Crippen molar-refractivity contribution < 1.29 is 4.74 Å². The number of anilines is 1. The first kappa shape index (κ1) is 24.4. The third kappa shape index (κ3) is 6.37. The lowest BCUT2D eigenvalue weighted by Crippen LogP contribution is -2.48. The Morgan fingerprint density at radius 3 is 2.38 bits per heavy atom. The third-order valence-corrected chi connectivity index (χ3v) is 5.95. The van der Waals surface area contributed by atoms with Crippen molar-refractivity contribution in [3.8, 4) is 0 Å². The van der Waals surface area contributed by atoms with Crippen molar-refractivity contribution in [1.82, 2.24) is 15.3 Å². The highest BCUT2D eigenvalue weighted by Crippen LogP contribution is 2.25. The maximum absolute atomic E-state index is 6.02. The molecule has 0 bridgehead atoms. The molecule has 1 atom stereocenters. The third-order valence-electron chi connectivity index (χ3n) is 5.28. The minimum absolute atomic E-state index is 0.0263. The number of ether oxygens (including phenoxy) is 1. The summed E-state index contributed by atoms with van der Waals surface area (Å²) in [7, 11) is 1.71. The maximum Gasteiger partial charge on any atom is 0.151 e. The van der Waals surface area contributed by atoms with E-state index < -0.39 is 0 Å². The Balaban J connectivity index is 1.91. The summed E-state index contributed by atoms with van der Waals surface area (Å²) in [6.45, 7) is 8.31. The Labute approximate surface area is 201 Å². The maximum atomic E-state index is 6.02. The van der Waals surface area contributed by atoms with E-state index in [1.165, 1.54) is 0 Å². The van der Waals surface area contributed by atoms with Crippen molar-refractivity contribution in [2.45, 2.75) is 39.8 Å². The number of thiocarbonyl (C=S) groups is 1. The van der Waals surface area contributed by atoms with Gasteiger partial charge >= 0.3 is 0 Å². The van der Waals surface area contributed by atoms with E-state index in [4.69, 9.17) is 38.5 Å². The molecule has 1 aromatic heterocycles. The molecule has 0 radical (unpaired) electrons. The van der Waals surface area contributed by atoms with Crippen LogP contribution in [0.3, 0.4) is 0 Å². The fourth-order valence-corrected chi connectivity index (χ4v) is 4.10. The fraction of sp³-hybridized carbons (Fsp3) is 0.400. The summed E-state index contributed by atoms with van der Waals surface area (Å²) >= 11 is 11.9. The molecule has 1 N–H and O–H groups in total. The Hall–Kier alpha value is -2.28. The van der Waals surface area contributed by atoms with Crippen LogP contribution in [0.25, 0.3) is 11.0 Å². The molecule has 32 heavy (non-hydrogen) atoms. The number of hydrogen-bond donors (Lipinski definition) is 1. The lowest BCUT2D eigenvalue weighted by Gasteiger charge is -2.35. The van der Waals surface area contributed by atoms with Crippen LogP contribution in [0.2, 0.25) is 5.02 Å². The molecule has 0 spiro atoms. The van der Waals surface area contributed by atoms with Gasteiger partial charge in [-0.1, -0.05) is 61.9 Å². The molecule has 0 saturated heterocycles. The number of fused-ring (bicyclic) bond motifs is 1. The van der Waals surface area contributed by atoms with Crippen LogP contribution in [0.15, 0.2) is 48.5 Å². The summed E-state index contributed by atoms with van der Waals surface area (Å²) in [6, 6.07) is 15.7. The first-order valence-corrected chi connectivity index (χ1v) is 11.7. The first-order chi connectivity index (χ1) is 15.4. The molecule has 0 amide bonds. The van der Waals surface area contributed by atoms with E-state index >= 15 is 0 Å². The number of methoxy groups -OCH3 is 1. The Morgan fingerprint density at radius 2 is 1.75 bits per heavy atom. The van der Waals surface area contributed by atoms with Gasteiger partial charge in [-0.25, -0.2) is 9.97 Å². The van der Waals surface area contributed by atoms with E-state index in [1.807, 2.05) is 55.5 Å². The SMILES string of the molecule is COCCN(c1nc2ccccc2nc1C)C(CC(C)C)C(=S)NCc1ccc(Cl)cc1. The topological polar surface area (TPSA) is 50.3 Å². The molecule has 1 unspecified atom stereocenters. The van der Waals surface area contributed by atoms with Gasteiger partial charge in [0.2, 0.25) is 0 Å². The minimum Gasteiger partial charge on any atom is -0.383 e. The van der Waals surface area contributed by atoms with Crippen LogP contribution in [0.5, 0.6) is 0 Å². The zero-order valence-electron chi connectivity index (χ0n) is 19.1. The van der Waals surface area contributed by atoms with Crippen LogP contribution >= 0.6 is 23.8 Å². The molecule has 3 aromatic rings. The number of rotatable bonds is 10. The molecule has 5 nitrogen and oxygen atoms in total. The first-order valence-electron chi connectivity index (χ1n) is 10.9. The Morgan fingerprint density at radius 1 is 1.09 bits per heavy atom. The highest BCUT2D eigenvalue weighted by Gasteiger charge is 2.27. The van der Waals surface area contributed by atoms with E-state index in [0.717, 1.165) is 44.5 Å². The Kier molecular flexibility index (Phi) is 8.79. The van der Waals surface area contributed by atoms with Gasteiger partial charge in [-0.15, -0.1) is 0 Å². The molecule has 0 aliphatic carbocycles. The van der Waals surface area contributed by atoms with Crippen LogP contribution in [0, 0.1) is 12.8 Å². The predicted octanol–water partition coefficient (Wildman–Crippen LogP) is 5.58. The van der Waals surface area contributed by atoms with Crippen LogP contribution in [-0.4, -0.2) is 41.3 Å². The zero-order valence-corrected chi connectivity index (χ0v) is 20.7. The molecule has 2 aromatic carbocycles. The number of benzene rings is 2. The number of aryl methyl sites for hydroxylation is 1. The molecular weight excluding hydrogens is 440 g/mol. The number of nitrogens with zero attached hydrogens (tertiary/aromatic N) is 3. The molecule has 3 rings (SSSR count). The Bertz CT molecular complexity index is 1040. The second kappa shape index (κ2) is 11.5. The summed E-state index contributed by atoms with van der Waals surface area (Å²) in [5.74, 6) is 1.30. The molecule has 0 aliphatic rings. The summed E-state index contributed by atoms with van der Waals surface area (Å²) in [4.78, 5) is 12.8. The smallest absolute Gasteiger partial charge is 0.151 e. The van der Waals surface area contributed by atoms with Crippen molar-refractivity contribution in [3.05, 3.63) is 64.8 Å². The van der Waals surface area contributed by atoms with Gasteiger partial charge in [0.05, 0.1) is 34.4 Å². The average Bonchev–Trinajstić information content (AvgIpc) is 2.77. The summed E-state index contributed by atoms with van der Waals surface area (Å²) in [5.41, 5.74) is 3.78. The van der Waals surface area contributed by atoms with Gasteiger partial charge in [-0.3, -0.25) is 0 Å². The predicted molar refractivity (Wildman–Crippen MR) is 138 cm³/mol. The van der Waals surface area contributed by atoms with Crippen LogP contribution < -0.4 is 10.2 Å². The quantitative estimate of drug-likeness (QED) is 0.390. The van der Waals surface area contributed by atoms with E-state index in [9.17, 15) is 0 Å². The molecule has 7 heteroatoms. The van der Waals surface area contributed by atoms with Gasteiger partial charge < -0.3 is 15.0 Å². The van der Waals surface area contributed by atoms with Crippen molar-refractivity contribution in [2.24, 2.45) is 5.92 Å². The van der Waals surface area contributed by atoms with Gasteiger partial charge in [0.25, 0.3) is 0 Å². The number of aromatic nitrogens is 2. The van der Waals surface area contributed by atoms with E-state index in [1.54, 1.807) is 7.11 Å². The minimum atomic E-state index is -0.0263.